The van der Waals surface area contributed by atoms with Crippen LogP contribution in [0.1, 0.15) is 37.6 Å². The van der Waals surface area contributed by atoms with E-state index in [1.54, 1.807) is 12.1 Å². The summed E-state index contributed by atoms with van der Waals surface area (Å²) in [5, 5.41) is 5.96. The van der Waals surface area contributed by atoms with E-state index in [2.05, 4.69) is 34.4 Å². The van der Waals surface area contributed by atoms with Gasteiger partial charge in [-0.1, -0.05) is 6.92 Å². The highest BCUT2D eigenvalue weighted by Crippen LogP contribution is 2.16. The van der Waals surface area contributed by atoms with Gasteiger partial charge in [0, 0.05) is 24.1 Å². The molecule has 6 heteroatoms. The summed E-state index contributed by atoms with van der Waals surface area (Å²) < 4.78 is 5.36. The first-order valence-corrected chi connectivity index (χ1v) is 7.75. The first kappa shape index (κ1) is 16.7. The molecule has 2 N–H and O–H groups in total. The number of ether oxygens (including phenoxy) is 1. The number of amides is 1. The highest BCUT2D eigenvalue weighted by atomic mass is 16.5. The van der Waals surface area contributed by atoms with Crippen LogP contribution in [0.4, 0.5) is 11.6 Å². The van der Waals surface area contributed by atoms with Gasteiger partial charge in [0.25, 0.3) is 5.91 Å². The smallest absolute Gasteiger partial charge is 0.258 e. The molecule has 1 amide bonds. The van der Waals surface area contributed by atoms with Crippen molar-refractivity contribution in [1.82, 2.24) is 9.97 Å². The van der Waals surface area contributed by atoms with E-state index in [0.29, 0.717) is 29.8 Å². The van der Waals surface area contributed by atoms with Gasteiger partial charge in [0.1, 0.15) is 5.75 Å². The van der Waals surface area contributed by atoms with E-state index in [4.69, 9.17) is 4.74 Å². The third kappa shape index (κ3) is 4.95. The Bertz CT molecular complexity index is 626. The maximum Gasteiger partial charge on any atom is 0.258 e. The highest BCUT2D eigenvalue weighted by Gasteiger charge is 2.08. The molecule has 1 heterocycles. The summed E-state index contributed by atoms with van der Waals surface area (Å²) in [5.74, 6) is 1.05. The van der Waals surface area contributed by atoms with Crippen molar-refractivity contribution in [3.05, 3.63) is 42.2 Å². The van der Waals surface area contributed by atoms with E-state index in [9.17, 15) is 4.79 Å². The van der Waals surface area contributed by atoms with Crippen LogP contribution >= 0.6 is 0 Å². The Morgan fingerprint density at radius 1 is 1.17 bits per heavy atom. The molecule has 2 aromatic rings. The third-order valence-electron chi connectivity index (χ3n) is 3.33. The molecule has 1 aromatic carbocycles. The molecule has 1 atom stereocenters. The van der Waals surface area contributed by atoms with Gasteiger partial charge in [0.2, 0.25) is 5.95 Å². The number of benzene rings is 1. The number of hydrogen-bond donors (Lipinski definition) is 2. The predicted octanol–water partition coefficient (Wildman–Crippen LogP) is 3.34. The van der Waals surface area contributed by atoms with Crippen LogP contribution in [0, 0.1) is 0 Å². The Hall–Kier alpha value is -2.63. The predicted molar refractivity (Wildman–Crippen MR) is 91.0 cm³/mol. The van der Waals surface area contributed by atoms with Crippen molar-refractivity contribution in [2.24, 2.45) is 0 Å². The van der Waals surface area contributed by atoms with Gasteiger partial charge >= 0.3 is 0 Å². The Labute approximate surface area is 136 Å². The number of rotatable bonds is 7. The van der Waals surface area contributed by atoms with Crippen molar-refractivity contribution in [1.29, 1.82) is 0 Å². The number of nitrogens with zero attached hydrogens (tertiary/aromatic N) is 2. The minimum Gasteiger partial charge on any atom is -0.494 e. The lowest BCUT2D eigenvalue weighted by atomic mass is 10.2. The third-order valence-corrected chi connectivity index (χ3v) is 3.33. The summed E-state index contributed by atoms with van der Waals surface area (Å²) >= 11 is 0. The Morgan fingerprint density at radius 2 is 1.83 bits per heavy atom. The molecule has 0 bridgehead atoms. The van der Waals surface area contributed by atoms with Gasteiger partial charge in [0.15, 0.2) is 0 Å². The summed E-state index contributed by atoms with van der Waals surface area (Å²) in [4.78, 5) is 20.5. The van der Waals surface area contributed by atoms with Crippen LogP contribution in [-0.2, 0) is 0 Å². The number of anilines is 2. The first-order chi connectivity index (χ1) is 11.1. The second-order valence-corrected chi connectivity index (χ2v) is 5.16. The van der Waals surface area contributed by atoms with E-state index in [1.807, 2.05) is 19.1 Å². The van der Waals surface area contributed by atoms with Gasteiger partial charge in [-0.05, 0) is 44.5 Å². The van der Waals surface area contributed by atoms with Gasteiger partial charge in [-0.25, -0.2) is 9.97 Å². The Kier molecular flexibility index (Phi) is 5.91. The molecule has 0 spiro atoms. The molecule has 23 heavy (non-hydrogen) atoms. The molecule has 0 fully saturated rings. The summed E-state index contributed by atoms with van der Waals surface area (Å²) in [6.45, 7) is 6.67. The fraction of sp³-hybridized carbons (Fsp3) is 0.353. The Morgan fingerprint density at radius 3 is 2.39 bits per heavy atom. The normalized spacial score (nSPS) is 11.6. The largest absolute Gasteiger partial charge is 0.494 e. The highest BCUT2D eigenvalue weighted by molar-refractivity contribution is 6.03. The van der Waals surface area contributed by atoms with E-state index < -0.39 is 0 Å². The van der Waals surface area contributed by atoms with Crippen molar-refractivity contribution in [2.45, 2.75) is 33.2 Å². The lowest BCUT2D eigenvalue weighted by Gasteiger charge is -2.11. The van der Waals surface area contributed by atoms with Crippen LogP contribution in [0.2, 0.25) is 0 Å². The maximum absolute atomic E-state index is 12.2. The molecular formula is C17H22N4O2. The number of hydrogen-bond acceptors (Lipinski definition) is 5. The molecule has 0 aliphatic rings. The van der Waals surface area contributed by atoms with Gasteiger partial charge < -0.3 is 15.4 Å². The number of carbonyl (C=O) groups excluding carboxylic acids is 1. The van der Waals surface area contributed by atoms with Gasteiger partial charge in [-0.2, -0.15) is 0 Å². The summed E-state index contributed by atoms with van der Waals surface area (Å²) in [5.41, 5.74) is 1.11. The second-order valence-electron chi connectivity index (χ2n) is 5.16. The van der Waals surface area contributed by atoms with Crippen LogP contribution < -0.4 is 15.4 Å². The fourth-order valence-electron chi connectivity index (χ4n) is 1.85. The van der Waals surface area contributed by atoms with Crippen LogP contribution in [0.3, 0.4) is 0 Å². The lowest BCUT2D eigenvalue weighted by molar-refractivity contribution is 0.102. The minimum absolute atomic E-state index is 0.246. The molecule has 2 rings (SSSR count). The molecule has 6 nitrogen and oxygen atoms in total. The fourth-order valence-corrected chi connectivity index (χ4v) is 1.85. The molecule has 0 aliphatic heterocycles. The van der Waals surface area contributed by atoms with Gasteiger partial charge in [-0.15, -0.1) is 0 Å². The summed E-state index contributed by atoms with van der Waals surface area (Å²) in [6.07, 6.45) is 4.01. The summed E-state index contributed by atoms with van der Waals surface area (Å²) in [6, 6.07) is 7.51. The molecular weight excluding hydrogens is 292 g/mol. The molecule has 0 saturated carbocycles. The first-order valence-electron chi connectivity index (χ1n) is 7.75. The quantitative estimate of drug-likeness (QED) is 0.819. The van der Waals surface area contributed by atoms with Crippen molar-refractivity contribution < 1.29 is 9.53 Å². The molecule has 0 radical (unpaired) electrons. The minimum atomic E-state index is -0.246. The van der Waals surface area contributed by atoms with Crippen LogP contribution in [0.25, 0.3) is 0 Å². The van der Waals surface area contributed by atoms with Crippen molar-refractivity contribution in [3.63, 3.8) is 0 Å². The standard InChI is InChI=1S/C17H22N4O2/c1-4-12(3)20-17-18-10-13(11-19-17)16(22)21-14-6-8-15(9-7-14)23-5-2/h6-12H,4-5H2,1-3H3,(H,21,22)(H,18,19,20). The Balaban J connectivity index is 1.97. The van der Waals surface area contributed by atoms with E-state index in [1.165, 1.54) is 12.4 Å². The van der Waals surface area contributed by atoms with E-state index in [-0.39, 0.29) is 5.91 Å². The van der Waals surface area contributed by atoms with E-state index in [0.717, 1.165) is 12.2 Å². The molecule has 1 aromatic heterocycles. The second kappa shape index (κ2) is 8.12. The number of carbonyl (C=O) groups is 1. The monoisotopic (exact) mass is 314 g/mol. The van der Waals surface area contributed by atoms with Gasteiger partial charge in [-0.3, -0.25) is 4.79 Å². The maximum atomic E-state index is 12.2. The zero-order valence-corrected chi connectivity index (χ0v) is 13.7. The number of aromatic nitrogens is 2. The van der Waals surface area contributed by atoms with Crippen LogP contribution in [-0.4, -0.2) is 28.5 Å². The van der Waals surface area contributed by atoms with Crippen LogP contribution in [0.15, 0.2) is 36.7 Å². The van der Waals surface area contributed by atoms with Gasteiger partial charge in [0.05, 0.1) is 12.2 Å². The van der Waals surface area contributed by atoms with E-state index >= 15 is 0 Å². The molecule has 0 saturated heterocycles. The molecule has 122 valence electrons. The average Bonchev–Trinajstić information content (AvgIpc) is 2.57. The number of nitrogens with one attached hydrogen (secondary N) is 2. The molecule has 1 unspecified atom stereocenters. The molecule has 0 aliphatic carbocycles. The average molecular weight is 314 g/mol. The lowest BCUT2D eigenvalue weighted by Crippen LogP contribution is -2.17. The zero-order chi connectivity index (χ0) is 16.7. The van der Waals surface area contributed by atoms with Crippen LogP contribution in [0.5, 0.6) is 5.75 Å². The van der Waals surface area contributed by atoms with Crippen molar-refractivity contribution in [3.8, 4) is 5.75 Å². The zero-order valence-electron chi connectivity index (χ0n) is 13.7. The van der Waals surface area contributed by atoms with Crippen molar-refractivity contribution >= 4 is 17.5 Å². The SMILES string of the molecule is CCOc1ccc(NC(=O)c2cnc(NC(C)CC)nc2)cc1. The summed E-state index contributed by atoms with van der Waals surface area (Å²) in [7, 11) is 0. The van der Waals surface area contributed by atoms with Crippen molar-refractivity contribution in [2.75, 3.05) is 17.2 Å². The topological polar surface area (TPSA) is 76.1 Å².